The average molecular weight is 279 g/mol. The van der Waals surface area contributed by atoms with Crippen molar-refractivity contribution >= 4 is 0 Å². The van der Waals surface area contributed by atoms with E-state index in [9.17, 15) is 10.2 Å². The molecule has 1 aromatic heterocycles. The Morgan fingerprint density at radius 2 is 2.10 bits per heavy atom. The molecule has 0 amide bonds. The summed E-state index contributed by atoms with van der Waals surface area (Å²) in [6.07, 6.45) is -3.24. The summed E-state index contributed by atoms with van der Waals surface area (Å²) >= 11 is 0. The van der Waals surface area contributed by atoms with E-state index in [2.05, 4.69) is 16.8 Å². The summed E-state index contributed by atoms with van der Waals surface area (Å²) in [4.78, 5) is 3.82. The minimum absolute atomic E-state index is 0.0173. The van der Waals surface area contributed by atoms with Gasteiger partial charge in [-0.15, -0.1) is 0 Å². The highest BCUT2D eigenvalue weighted by Gasteiger charge is 2.44. The average Bonchev–Trinajstić information content (AvgIpc) is 2.99. The number of aromatic nitrogens is 2. The van der Waals surface area contributed by atoms with Gasteiger partial charge in [0, 0.05) is 0 Å². The smallest absolute Gasteiger partial charge is 0.174 e. The van der Waals surface area contributed by atoms with Crippen LogP contribution in [-0.2, 0) is 4.74 Å². The molecule has 106 valence electrons. The largest absolute Gasteiger partial charge is 0.394 e. The lowest BCUT2D eigenvalue weighted by molar-refractivity contribution is -0.0531. The fraction of sp³-hybridized carbons (Fsp3) is 0.500. The second kappa shape index (κ2) is 6.01. The molecule has 4 N–H and O–H groups in total. The van der Waals surface area contributed by atoms with Crippen LogP contribution in [0.4, 0.5) is 0 Å². The summed E-state index contributed by atoms with van der Waals surface area (Å²) < 4.78 is 6.63. The first-order chi connectivity index (χ1) is 9.63. The summed E-state index contributed by atoms with van der Waals surface area (Å²) in [7, 11) is 0. The molecule has 1 aromatic rings. The van der Waals surface area contributed by atoms with Crippen molar-refractivity contribution in [2.24, 2.45) is 0 Å². The molecular formula is C12H13N3O5. The molecule has 1 aliphatic rings. The third kappa shape index (κ3) is 2.39. The van der Waals surface area contributed by atoms with Gasteiger partial charge in [0.1, 0.15) is 36.7 Å². The quantitative estimate of drug-likeness (QED) is 0.448. The number of nitrogens with zero attached hydrogens (tertiary/aromatic N) is 3. The fourth-order valence-corrected chi connectivity index (χ4v) is 1.99. The number of imidazole rings is 1. The number of ether oxygens (including phenoxy) is 1. The Morgan fingerprint density at radius 3 is 2.65 bits per heavy atom. The van der Waals surface area contributed by atoms with Crippen molar-refractivity contribution in [2.75, 3.05) is 13.2 Å². The normalized spacial score (nSPS) is 28.8. The molecule has 4 atom stereocenters. The lowest BCUT2D eigenvalue weighted by Gasteiger charge is -2.17. The predicted octanol–water partition coefficient (Wildman–Crippen LogP) is -2.29. The van der Waals surface area contributed by atoms with Crippen LogP contribution in [0.25, 0.3) is 0 Å². The van der Waals surface area contributed by atoms with E-state index in [0.29, 0.717) is 0 Å². The Hall–Kier alpha value is -1.94. The highest BCUT2D eigenvalue weighted by atomic mass is 16.6. The zero-order valence-corrected chi connectivity index (χ0v) is 10.3. The third-order valence-electron chi connectivity index (χ3n) is 2.98. The fourth-order valence-electron chi connectivity index (χ4n) is 1.99. The molecule has 0 radical (unpaired) electrons. The number of rotatable bonds is 2. The second-order valence-electron chi connectivity index (χ2n) is 4.15. The summed E-state index contributed by atoms with van der Waals surface area (Å²) in [5.74, 6) is 4.94. The van der Waals surface area contributed by atoms with Crippen LogP contribution in [0.2, 0.25) is 0 Å². The molecule has 0 aliphatic carbocycles. The number of hydrogen-bond donors (Lipinski definition) is 4. The molecule has 0 bridgehead atoms. The zero-order chi connectivity index (χ0) is 14.7. The molecule has 1 fully saturated rings. The SMILES string of the molecule is N#Cc1ncn([C@@H]2O[C@H](CO)[C@@H](O)[C@H]2O)c1C#CCO. The minimum atomic E-state index is -1.29. The van der Waals surface area contributed by atoms with E-state index in [1.807, 2.05) is 6.07 Å². The van der Waals surface area contributed by atoms with Crippen molar-refractivity contribution in [3.05, 3.63) is 17.7 Å². The molecule has 8 nitrogen and oxygen atoms in total. The molecular weight excluding hydrogens is 266 g/mol. The molecule has 8 heteroatoms. The first-order valence-electron chi connectivity index (χ1n) is 5.83. The van der Waals surface area contributed by atoms with E-state index in [1.54, 1.807) is 0 Å². The van der Waals surface area contributed by atoms with Crippen molar-refractivity contribution < 1.29 is 25.2 Å². The summed E-state index contributed by atoms with van der Waals surface area (Å²) in [6.45, 7) is -0.849. The molecule has 1 aliphatic heterocycles. The van der Waals surface area contributed by atoms with Crippen molar-refractivity contribution in [3.63, 3.8) is 0 Å². The van der Waals surface area contributed by atoms with Crippen molar-refractivity contribution in [1.29, 1.82) is 5.26 Å². The Labute approximate surface area is 114 Å². The first-order valence-corrected chi connectivity index (χ1v) is 5.83. The Kier molecular flexibility index (Phi) is 4.35. The number of nitriles is 1. The van der Waals surface area contributed by atoms with E-state index < -0.39 is 37.8 Å². The number of aliphatic hydroxyl groups is 4. The predicted molar refractivity (Wildman–Crippen MR) is 63.9 cm³/mol. The summed E-state index contributed by atoms with van der Waals surface area (Å²) in [5.41, 5.74) is 0.181. The summed E-state index contributed by atoms with van der Waals surface area (Å²) in [5, 5.41) is 46.3. The van der Waals surface area contributed by atoms with Crippen LogP contribution in [0.15, 0.2) is 6.33 Å². The van der Waals surface area contributed by atoms with Crippen molar-refractivity contribution in [2.45, 2.75) is 24.5 Å². The highest BCUT2D eigenvalue weighted by Crippen LogP contribution is 2.30. The Bertz CT molecular complexity index is 582. The maximum atomic E-state index is 9.93. The van der Waals surface area contributed by atoms with E-state index in [4.69, 9.17) is 20.2 Å². The van der Waals surface area contributed by atoms with E-state index in [0.717, 1.165) is 0 Å². The molecule has 2 rings (SSSR count). The molecule has 0 aromatic carbocycles. The monoisotopic (exact) mass is 279 g/mol. The van der Waals surface area contributed by atoms with Gasteiger partial charge < -0.3 is 25.2 Å². The van der Waals surface area contributed by atoms with Gasteiger partial charge in [0.15, 0.2) is 11.9 Å². The maximum Gasteiger partial charge on any atom is 0.174 e. The van der Waals surface area contributed by atoms with Gasteiger partial charge in [0.05, 0.1) is 12.9 Å². The van der Waals surface area contributed by atoms with Crippen LogP contribution in [0.5, 0.6) is 0 Å². The van der Waals surface area contributed by atoms with Gasteiger partial charge in [-0.05, 0) is 5.92 Å². The molecule has 0 unspecified atom stereocenters. The molecule has 0 saturated carbocycles. The standard InChI is InChI=1S/C12H13N3O5/c13-4-7-8(2-1-3-16)15(6-14-7)12-11(19)10(18)9(5-17)20-12/h6,9-12,16-19H,3,5H2/t9-,10-,11-,12-/m1/s1. The highest BCUT2D eigenvalue weighted by molar-refractivity contribution is 5.40. The zero-order valence-electron chi connectivity index (χ0n) is 10.3. The Morgan fingerprint density at radius 1 is 1.35 bits per heavy atom. The van der Waals surface area contributed by atoms with Gasteiger partial charge in [0.25, 0.3) is 0 Å². The lowest BCUT2D eigenvalue weighted by atomic mass is 10.1. The minimum Gasteiger partial charge on any atom is -0.394 e. The van der Waals surface area contributed by atoms with Crippen LogP contribution >= 0.6 is 0 Å². The van der Waals surface area contributed by atoms with Gasteiger partial charge in [-0.1, -0.05) is 5.92 Å². The number of hydrogen-bond acceptors (Lipinski definition) is 7. The van der Waals surface area contributed by atoms with Crippen LogP contribution < -0.4 is 0 Å². The van der Waals surface area contributed by atoms with E-state index in [1.165, 1.54) is 10.9 Å². The van der Waals surface area contributed by atoms with Gasteiger partial charge in [-0.25, -0.2) is 4.98 Å². The third-order valence-corrected chi connectivity index (χ3v) is 2.98. The topological polar surface area (TPSA) is 132 Å². The summed E-state index contributed by atoms with van der Waals surface area (Å²) in [6, 6.07) is 1.83. The van der Waals surface area contributed by atoms with E-state index >= 15 is 0 Å². The first kappa shape index (κ1) is 14.5. The number of aliphatic hydroxyl groups excluding tert-OH is 4. The van der Waals surface area contributed by atoms with Crippen molar-refractivity contribution in [1.82, 2.24) is 9.55 Å². The van der Waals surface area contributed by atoms with Gasteiger partial charge in [0.2, 0.25) is 0 Å². The van der Waals surface area contributed by atoms with E-state index in [-0.39, 0.29) is 11.4 Å². The Balaban J connectivity index is 2.39. The van der Waals surface area contributed by atoms with Crippen LogP contribution in [0.3, 0.4) is 0 Å². The molecule has 1 saturated heterocycles. The lowest BCUT2D eigenvalue weighted by Crippen LogP contribution is -2.33. The molecule has 0 spiro atoms. The second-order valence-corrected chi connectivity index (χ2v) is 4.15. The van der Waals surface area contributed by atoms with Crippen LogP contribution in [0, 0.1) is 23.2 Å². The molecule has 2 heterocycles. The van der Waals surface area contributed by atoms with Gasteiger partial charge in [-0.2, -0.15) is 5.26 Å². The van der Waals surface area contributed by atoms with Gasteiger partial charge >= 0.3 is 0 Å². The van der Waals surface area contributed by atoms with Gasteiger partial charge in [-0.3, -0.25) is 4.57 Å². The maximum absolute atomic E-state index is 9.93. The molecule has 20 heavy (non-hydrogen) atoms. The van der Waals surface area contributed by atoms with Crippen molar-refractivity contribution in [3.8, 4) is 17.9 Å². The van der Waals surface area contributed by atoms with Crippen LogP contribution in [0.1, 0.15) is 17.6 Å². The van der Waals surface area contributed by atoms with Crippen LogP contribution in [-0.4, -0.2) is 61.5 Å².